The van der Waals surface area contributed by atoms with Crippen LogP contribution in [0.2, 0.25) is 0 Å². The van der Waals surface area contributed by atoms with Crippen LogP contribution >= 0.6 is 0 Å². The summed E-state index contributed by atoms with van der Waals surface area (Å²) in [4.78, 5) is 22.9. The molecule has 0 unspecified atom stereocenters. The monoisotopic (exact) mass is 272 g/mol. The third-order valence-electron chi connectivity index (χ3n) is 2.93. The molecule has 20 heavy (non-hydrogen) atoms. The zero-order valence-corrected chi connectivity index (χ0v) is 11.7. The van der Waals surface area contributed by atoms with E-state index in [0.29, 0.717) is 5.75 Å². The first-order chi connectivity index (χ1) is 9.47. The predicted molar refractivity (Wildman–Crippen MR) is 75.2 cm³/mol. The summed E-state index contributed by atoms with van der Waals surface area (Å²) in [7, 11) is 0. The van der Waals surface area contributed by atoms with E-state index in [-0.39, 0.29) is 11.5 Å². The zero-order chi connectivity index (χ0) is 14.7. The predicted octanol–water partition coefficient (Wildman–Crippen LogP) is 3.29. The first-order valence-electron chi connectivity index (χ1n) is 6.39. The number of carbonyl (C=O) groups is 1. The molecule has 0 amide bonds. The molecule has 0 aliphatic heterocycles. The molecular weight excluding hydrogens is 256 g/mol. The van der Waals surface area contributed by atoms with Gasteiger partial charge in [0.2, 0.25) is 0 Å². The van der Waals surface area contributed by atoms with Gasteiger partial charge in [-0.1, -0.05) is 26.0 Å². The smallest absolute Gasteiger partial charge is 0.346 e. The van der Waals surface area contributed by atoms with Gasteiger partial charge >= 0.3 is 11.6 Å². The Balaban J connectivity index is 2.29. The second-order valence-electron chi connectivity index (χ2n) is 4.93. The molecular formula is C16H16O4. The second kappa shape index (κ2) is 5.74. The maximum absolute atomic E-state index is 12.0. The van der Waals surface area contributed by atoms with Gasteiger partial charge in [-0.2, -0.15) is 0 Å². The summed E-state index contributed by atoms with van der Waals surface area (Å²) in [6.45, 7) is 6.00. The Kier molecular flexibility index (Phi) is 4.03. The van der Waals surface area contributed by atoms with Crippen LogP contribution < -0.4 is 10.4 Å². The number of rotatable bonds is 3. The van der Waals surface area contributed by atoms with E-state index >= 15 is 0 Å². The van der Waals surface area contributed by atoms with Gasteiger partial charge in [-0.15, -0.1) is 0 Å². The fourth-order valence-corrected chi connectivity index (χ4v) is 1.84. The maximum Gasteiger partial charge on any atom is 0.346 e. The summed E-state index contributed by atoms with van der Waals surface area (Å²) in [6.07, 6.45) is 1.11. The first-order valence-corrected chi connectivity index (χ1v) is 6.39. The van der Waals surface area contributed by atoms with Crippen LogP contribution in [-0.2, 0) is 0 Å². The van der Waals surface area contributed by atoms with E-state index in [1.54, 1.807) is 0 Å². The van der Waals surface area contributed by atoms with Gasteiger partial charge in [0, 0.05) is 6.07 Å². The van der Waals surface area contributed by atoms with Gasteiger partial charge in [-0.25, -0.2) is 9.59 Å². The normalized spacial score (nSPS) is 10.6. The summed E-state index contributed by atoms with van der Waals surface area (Å²) >= 11 is 0. The molecule has 0 spiro atoms. The molecule has 0 bridgehead atoms. The maximum atomic E-state index is 12.0. The Bertz CT molecular complexity index is 663. The van der Waals surface area contributed by atoms with Crippen LogP contribution in [0.25, 0.3) is 0 Å². The van der Waals surface area contributed by atoms with Gasteiger partial charge in [0.1, 0.15) is 12.0 Å². The Morgan fingerprint density at radius 3 is 2.55 bits per heavy atom. The molecule has 0 saturated heterocycles. The minimum absolute atomic E-state index is 0.209. The molecule has 2 rings (SSSR count). The van der Waals surface area contributed by atoms with Crippen LogP contribution in [0.5, 0.6) is 5.75 Å². The van der Waals surface area contributed by atoms with Crippen molar-refractivity contribution in [3.63, 3.8) is 0 Å². The van der Waals surface area contributed by atoms with Crippen molar-refractivity contribution in [2.45, 2.75) is 26.7 Å². The van der Waals surface area contributed by atoms with E-state index in [2.05, 4.69) is 4.42 Å². The molecule has 104 valence electrons. The molecule has 2 aromatic rings. The van der Waals surface area contributed by atoms with Crippen molar-refractivity contribution in [1.29, 1.82) is 0 Å². The van der Waals surface area contributed by atoms with E-state index in [9.17, 15) is 9.59 Å². The molecule has 0 aliphatic rings. The largest absolute Gasteiger partial charge is 0.430 e. The number of benzene rings is 1. The average Bonchev–Trinajstić information content (AvgIpc) is 2.39. The highest BCUT2D eigenvalue weighted by Gasteiger charge is 2.14. The molecule has 1 aromatic heterocycles. The highest BCUT2D eigenvalue weighted by atomic mass is 16.5. The minimum atomic E-state index is -0.541. The van der Waals surface area contributed by atoms with Crippen molar-refractivity contribution in [3.8, 4) is 5.75 Å². The number of aryl methyl sites for hydroxylation is 1. The van der Waals surface area contributed by atoms with Crippen molar-refractivity contribution in [3.05, 3.63) is 63.7 Å². The number of carbonyl (C=O) groups excluding carboxylic acids is 1. The highest BCUT2D eigenvalue weighted by Crippen LogP contribution is 2.28. The van der Waals surface area contributed by atoms with Gasteiger partial charge in [-0.05, 0) is 36.1 Å². The number of ether oxygens (including phenoxy) is 1. The number of esters is 1. The summed E-state index contributed by atoms with van der Waals surface area (Å²) < 4.78 is 10.1. The molecule has 0 aliphatic carbocycles. The lowest BCUT2D eigenvalue weighted by Crippen LogP contribution is -2.11. The Morgan fingerprint density at radius 2 is 1.95 bits per heavy atom. The fourth-order valence-electron chi connectivity index (χ4n) is 1.84. The number of hydrogen-bond donors (Lipinski definition) is 0. The lowest BCUT2D eigenvalue weighted by Gasteiger charge is -2.13. The highest BCUT2D eigenvalue weighted by molar-refractivity contribution is 5.90. The van der Waals surface area contributed by atoms with Gasteiger partial charge in [0.15, 0.2) is 0 Å². The van der Waals surface area contributed by atoms with Crippen LogP contribution in [0, 0.1) is 6.92 Å². The van der Waals surface area contributed by atoms with E-state index < -0.39 is 11.6 Å². The van der Waals surface area contributed by atoms with E-state index in [1.807, 2.05) is 39.0 Å². The third-order valence-corrected chi connectivity index (χ3v) is 2.93. The molecule has 4 heteroatoms. The van der Waals surface area contributed by atoms with Crippen LogP contribution in [0.3, 0.4) is 0 Å². The van der Waals surface area contributed by atoms with Crippen LogP contribution in [0.1, 0.15) is 41.3 Å². The first kappa shape index (κ1) is 14.1. The summed E-state index contributed by atoms with van der Waals surface area (Å²) in [5.41, 5.74) is 1.68. The lowest BCUT2D eigenvalue weighted by atomic mass is 10.0. The quantitative estimate of drug-likeness (QED) is 0.635. The van der Waals surface area contributed by atoms with Gasteiger partial charge < -0.3 is 9.15 Å². The lowest BCUT2D eigenvalue weighted by molar-refractivity contribution is 0.0730. The molecule has 0 atom stereocenters. The Hall–Kier alpha value is -2.36. The average molecular weight is 272 g/mol. The Morgan fingerprint density at radius 1 is 1.20 bits per heavy atom. The zero-order valence-electron chi connectivity index (χ0n) is 11.7. The van der Waals surface area contributed by atoms with E-state index in [0.717, 1.165) is 17.4 Å². The van der Waals surface area contributed by atoms with E-state index in [1.165, 1.54) is 12.1 Å². The van der Waals surface area contributed by atoms with Crippen molar-refractivity contribution in [2.75, 3.05) is 0 Å². The standard InChI is InChI=1S/C16H16O4/c1-10(2)13-6-4-11(3)8-14(13)20-16(18)12-5-7-15(17)19-9-12/h4-10H,1-3H3. The second-order valence-corrected chi connectivity index (χ2v) is 4.93. The van der Waals surface area contributed by atoms with E-state index in [4.69, 9.17) is 4.74 Å². The third kappa shape index (κ3) is 3.15. The van der Waals surface area contributed by atoms with Crippen molar-refractivity contribution in [2.24, 2.45) is 0 Å². The van der Waals surface area contributed by atoms with Crippen LogP contribution in [0.15, 0.2) is 45.8 Å². The molecule has 0 fully saturated rings. The summed E-state index contributed by atoms with van der Waals surface area (Å²) in [5.74, 6) is 0.240. The molecule has 0 N–H and O–H groups in total. The summed E-state index contributed by atoms with van der Waals surface area (Å²) in [5, 5.41) is 0. The molecule has 0 radical (unpaired) electrons. The van der Waals surface area contributed by atoms with Gasteiger partial charge in [0.25, 0.3) is 0 Å². The van der Waals surface area contributed by atoms with Crippen LogP contribution in [0.4, 0.5) is 0 Å². The molecule has 0 saturated carbocycles. The SMILES string of the molecule is Cc1ccc(C(C)C)c(OC(=O)c2ccc(=O)oc2)c1. The summed E-state index contributed by atoms with van der Waals surface area (Å²) in [6, 6.07) is 8.34. The van der Waals surface area contributed by atoms with Gasteiger partial charge in [-0.3, -0.25) is 0 Å². The van der Waals surface area contributed by atoms with Crippen molar-refractivity contribution in [1.82, 2.24) is 0 Å². The topological polar surface area (TPSA) is 56.5 Å². The fraction of sp³-hybridized carbons (Fsp3) is 0.250. The Labute approximate surface area is 117 Å². The van der Waals surface area contributed by atoms with Gasteiger partial charge in [0.05, 0.1) is 5.56 Å². The minimum Gasteiger partial charge on any atom is -0.430 e. The molecule has 1 aromatic carbocycles. The van der Waals surface area contributed by atoms with Crippen molar-refractivity contribution >= 4 is 5.97 Å². The van der Waals surface area contributed by atoms with Crippen LogP contribution in [-0.4, -0.2) is 5.97 Å². The van der Waals surface area contributed by atoms with Crippen molar-refractivity contribution < 1.29 is 13.9 Å². The molecule has 4 nitrogen and oxygen atoms in total. The molecule has 1 heterocycles. The number of hydrogen-bond acceptors (Lipinski definition) is 4.